The SMILES string of the molecule is O=c1[nH]ccn1-c1ccc(OCCCCOc2ccc(-n3cc[nH]c3=O)cc2)cc1. The average molecular weight is 406 g/mol. The van der Waals surface area contributed by atoms with Gasteiger partial charge in [0.05, 0.1) is 24.6 Å². The van der Waals surface area contributed by atoms with Crippen LogP contribution in [0.2, 0.25) is 0 Å². The summed E-state index contributed by atoms with van der Waals surface area (Å²) in [6.45, 7) is 1.17. The highest BCUT2D eigenvalue weighted by molar-refractivity contribution is 5.38. The number of nitrogens with zero attached hydrogens (tertiary/aromatic N) is 2. The Morgan fingerprint density at radius 3 is 1.37 bits per heavy atom. The molecule has 0 radical (unpaired) electrons. The fourth-order valence-corrected chi connectivity index (χ4v) is 3.04. The zero-order valence-electron chi connectivity index (χ0n) is 16.3. The molecule has 0 unspecified atom stereocenters. The van der Waals surface area contributed by atoms with Gasteiger partial charge in [0, 0.05) is 24.8 Å². The monoisotopic (exact) mass is 406 g/mol. The molecule has 30 heavy (non-hydrogen) atoms. The summed E-state index contributed by atoms with van der Waals surface area (Å²) in [5, 5.41) is 0. The van der Waals surface area contributed by atoms with E-state index in [-0.39, 0.29) is 11.4 Å². The van der Waals surface area contributed by atoms with Crippen LogP contribution in [0.15, 0.2) is 82.9 Å². The molecular weight excluding hydrogens is 384 g/mol. The highest BCUT2D eigenvalue weighted by Gasteiger charge is 2.02. The molecule has 154 valence electrons. The molecule has 0 spiro atoms. The van der Waals surface area contributed by atoms with E-state index in [1.807, 2.05) is 48.5 Å². The van der Waals surface area contributed by atoms with E-state index in [1.165, 1.54) is 9.13 Å². The molecule has 0 bridgehead atoms. The molecule has 2 aromatic heterocycles. The second-order valence-corrected chi connectivity index (χ2v) is 6.66. The molecule has 8 nitrogen and oxygen atoms in total. The van der Waals surface area contributed by atoms with E-state index >= 15 is 0 Å². The summed E-state index contributed by atoms with van der Waals surface area (Å²) in [6, 6.07) is 14.8. The molecule has 2 aromatic carbocycles. The van der Waals surface area contributed by atoms with E-state index in [0.717, 1.165) is 35.7 Å². The quantitative estimate of drug-likeness (QED) is 0.418. The highest BCUT2D eigenvalue weighted by atomic mass is 16.5. The Balaban J connectivity index is 1.17. The molecule has 4 aromatic rings. The number of unbranched alkanes of at least 4 members (excludes halogenated alkanes) is 1. The lowest BCUT2D eigenvalue weighted by Crippen LogP contribution is -2.13. The number of imidazole rings is 2. The summed E-state index contributed by atoms with van der Waals surface area (Å²) < 4.78 is 14.6. The second-order valence-electron chi connectivity index (χ2n) is 6.66. The predicted octanol–water partition coefficient (Wildman–Crippen LogP) is 2.88. The number of aromatic amines is 2. The normalized spacial score (nSPS) is 10.8. The van der Waals surface area contributed by atoms with Crippen LogP contribution >= 0.6 is 0 Å². The van der Waals surface area contributed by atoms with E-state index in [0.29, 0.717) is 13.2 Å². The molecule has 0 aliphatic carbocycles. The molecule has 0 fully saturated rings. The number of H-pyrrole nitrogens is 2. The first kappa shape index (κ1) is 19.4. The van der Waals surface area contributed by atoms with E-state index in [1.54, 1.807) is 24.8 Å². The topological polar surface area (TPSA) is 94.0 Å². The maximum atomic E-state index is 11.6. The van der Waals surface area contributed by atoms with Crippen molar-refractivity contribution in [2.45, 2.75) is 12.8 Å². The first-order valence-electron chi connectivity index (χ1n) is 9.69. The summed E-state index contributed by atoms with van der Waals surface area (Å²) in [7, 11) is 0. The van der Waals surface area contributed by atoms with Gasteiger partial charge in [0.2, 0.25) is 0 Å². The minimum absolute atomic E-state index is 0.170. The number of aromatic nitrogens is 4. The van der Waals surface area contributed by atoms with Crippen LogP contribution in [-0.4, -0.2) is 32.3 Å². The van der Waals surface area contributed by atoms with Crippen LogP contribution in [0, 0.1) is 0 Å². The summed E-state index contributed by atoms with van der Waals surface area (Å²) in [6.07, 6.45) is 8.29. The van der Waals surface area contributed by atoms with Gasteiger partial charge in [-0.25, -0.2) is 9.59 Å². The van der Waals surface area contributed by atoms with Crippen molar-refractivity contribution in [3.05, 3.63) is 94.3 Å². The smallest absolute Gasteiger partial charge is 0.330 e. The Labute approximate surface area is 172 Å². The van der Waals surface area contributed by atoms with Crippen molar-refractivity contribution in [3.8, 4) is 22.9 Å². The first-order chi connectivity index (χ1) is 14.7. The maximum Gasteiger partial charge on any atom is 0.330 e. The molecule has 0 aliphatic rings. The molecule has 2 heterocycles. The lowest BCUT2D eigenvalue weighted by Gasteiger charge is -2.09. The third kappa shape index (κ3) is 4.54. The van der Waals surface area contributed by atoms with Crippen LogP contribution in [0.25, 0.3) is 11.4 Å². The summed E-state index contributed by atoms with van der Waals surface area (Å²) in [4.78, 5) is 28.4. The van der Waals surface area contributed by atoms with Crippen LogP contribution < -0.4 is 20.9 Å². The zero-order chi connectivity index (χ0) is 20.8. The summed E-state index contributed by atoms with van der Waals surface area (Å²) in [5.41, 5.74) is 1.23. The van der Waals surface area contributed by atoms with Crippen LogP contribution in [0.1, 0.15) is 12.8 Å². The lowest BCUT2D eigenvalue weighted by molar-refractivity contribution is 0.266. The van der Waals surface area contributed by atoms with Gasteiger partial charge in [-0.05, 0) is 61.4 Å². The fraction of sp³-hybridized carbons (Fsp3) is 0.182. The fourth-order valence-electron chi connectivity index (χ4n) is 3.04. The maximum absolute atomic E-state index is 11.6. The van der Waals surface area contributed by atoms with Gasteiger partial charge in [0.25, 0.3) is 0 Å². The van der Waals surface area contributed by atoms with Gasteiger partial charge in [-0.3, -0.25) is 9.13 Å². The predicted molar refractivity (Wildman–Crippen MR) is 113 cm³/mol. The third-order valence-corrected chi connectivity index (χ3v) is 4.60. The van der Waals surface area contributed by atoms with Crippen molar-refractivity contribution in [1.29, 1.82) is 0 Å². The van der Waals surface area contributed by atoms with Gasteiger partial charge in [0.1, 0.15) is 11.5 Å². The Morgan fingerprint density at radius 2 is 1.03 bits per heavy atom. The Hall–Kier alpha value is -3.94. The van der Waals surface area contributed by atoms with Crippen molar-refractivity contribution in [2.24, 2.45) is 0 Å². The second kappa shape index (κ2) is 9.04. The number of rotatable bonds is 9. The molecule has 0 amide bonds. The van der Waals surface area contributed by atoms with Gasteiger partial charge in [0.15, 0.2) is 0 Å². The summed E-state index contributed by atoms with van der Waals surface area (Å²) in [5.74, 6) is 1.53. The number of nitrogens with one attached hydrogen (secondary N) is 2. The molecule has 0 atom stereocenters. The number of hydrogen-bond acceptors (Lipinski definition) is 4. The van der Waals surface area contributed by atoms with Crippen molar-refractivity contribution in [2.75, 3.05) is 13.2 Å². The molecule has 0 aliphatic heterocycles. The first-order valence-corrected chi connectivity index (χ1v) is 9.69. The minimum Gasteiger partial charge on any atom is -0.494 e. The minimum atomic E-state index is -0.170. The zero-order valence-corrected chi connectivity index (χ0v) is 16.3. The van der Waals surface area contributed by atoms with Crippen molar-refractivity contribution < 1.29 is 9.47 Å². The van der Waals surface area contributed by atoms with Crippen LogP contribution in [-0.2, 0) is 0 Å². The average Bonchev–Trinajstić information content (AvgIpc) is 3.39. The van der Waals surface area contributed by atoms with E-state index in [9.17, 15) is 9.59 Å². The number of ether oxygens (including phenoxy) is 2. The van der Waals surface area contributed by atoms with E-state index in [4.69, 9.17) is 9.47 Å². The van der Waals surface area contributed by atoms with Crippen LogP contribution in [0.3, 0.4) is 0 Å². The van der Waals surface area contributed by atoms with Crippen LogP contribution in [0.5, 0.6) is 11.5 Å². The molecule has 0 saturated heterocycles. The van der Waals surface area contributed by atoms with Crippen molar-refractivity contribution >= 4 is 0 Å². The van der Waals surface area contributed by atoms with E-state index < -0.39 is 0 Å². The Morgan fingerprint density at radius 1 is 0.633 bits per heavy atom. The largest absolute Gasteiger partial charge is 0.494 e. The van der Waals surface area contributed by atoms with Gasteiger partial charge < -0.3 is 19.4 Å². The molecule has 2 N–H and O–H groups in total. The standard InChI is InChI=1S/C22H22N4O4/c27-21-23-11-13-25(21)17-3-7-19(8-4-17)29-15-1-2-16-30-20-9-5-18(6-10-20)26-14-12-24-22(26)28/h3-14H,1-2,15-16H2,(H,23,27)(H,24,28). The van der Waals surface area contributed by atoms with E-state index in [2.05, 4.69) is 9.97 Å². The van der Waals surface area contributed by atoms with Crippen LogP contribution in [0.4, 0.5) is 0 Å². The number of benzene rings is 2. The van der Waals surface area contributed by atoms with Gasteiger partial charge >= 0.3 is 11.4 Å². The Bertz CT molecular complexity index is 1090. The summed E-state index contributed by atoms with van der Waals surface area (Å²) >= 11 is 0. The lowest BCUT2D eigenvalue weighted by atomic mass is 10.3. The van der Waals surface area contributed by atoms with Gasteiger partial charge in [-0.2, -0.15) is 0 Å². The van der Waals surface area contributed by atoms with Crippen molar-refractivity contribution in [1.82, 2.24) is 19.1 Å². The molecule has 8 heteroatoms. The third-order valence-electron chi connectivity index (χ3n) is 4.60. The van der Waals surface area contributed by atoms with Gasteiger partial charge in [-0.1, -0.05) is 0 Å². The molecule has 4 rings (SSSR count). The van der Waals surface area contributed by atoms with Crippen molar-refractivity contribution in [3.63, 3.8) is 0 Å². The van der Waals surface area contributed by atoms with Gasteiger partial charge in [-0.15, -0.1) is 0 Å². The highest BCUT2D eigenvalue weighted by Crippen LogP contribution is 2.16. The Kier molecular flexibility index (Phi) is 5.84. The molecule has 0 saturated carbocycles. The number of hydrogen-bond donors (Lipinski definition) is 2. The molecular formula is C22H22N4O4.